The second-order valence-electron chi connectivity index (χ2n) is 5.03. The van der Waals surface area contributed by atoms with Crippen LogP contribution >= 0.6 is 22.6 Å². The Bertz CT molecular complexity index is 691. The van der Waals surface area contributed by atoms with Crippen LogP contribution in [0.15, 0.2) is 24.3 Å². The van der Waals surface area contributed by atoms with Crippen LogP contribution in [-0.2, 0) is 26.2 Å². The number of hydrogen-bond acceptors (Lipinski definition) is 4. The molecule has 6 nitrogen and oxygen atoms in total. The minimum atomic E-state index is -4.86. The van der Waals surface area contributed by atoms with Crippen molar-refractivity contribution < 1.29 is 27.0 Å². The third kappa shape index (κ3) is 3.94. The van der Waals surface area contributed by atoms with Crippen LogP contribution in [-0.4, -0.2) is 48.1 Å². The van der Waals surface area contributed by atoms with Gasteiger partial charge in [0.15, 0.2) is 0 Å². The molecule has 0 bridgehead atoms. The van der Waals surface area contributed by atoms with Crippen LogP contribution in [0.1, 0.15) is 12.0 Å². The van der Waals surface area contributed by atoms with Crippen molar-refractivity contribution in [3.63, 3.8) is 0 Å². The van der Waals surface area contributed by atoms with E-state index in [0.29, 0.717) is 5.56 Å². The van der Waals surface area contributed by atoms with Crippen molar-refractivity contribution in [2.45, 2.75) is 24.1 Å². The molecule has 22 heavy (non-hydrogen) atoms. The molecule has 1 amide bonds. The number of carboxylic acids is 1. The molecule has 2 rings (SSSR count). The summed E-state index contributed by atoms with van der Waals surface area (Å²) in [7, 11) is -4.86. The zero-order valence-electron chi connectivity index (χ0n) is 11.3. The molecule has 0 aromatic heterocycles. The van der Waals surface area contributed by atoms with Gasteiger partial charge in [-0.05, 0) is 40.3 Å². The van der Waals surface area contributed by atoms with E-state index in [1.807, 2.05) is 0 Å². The van der Waals surface area contributed by atoms with Gasteiger partial charge in [0, 0.05) is 23.0 Å². The Labute approximate surface area is 140 Å². The number of hydrogen-bond donors (Lipinski definition) is 1. The normalized spacial score (nSPS) is 20.2. The molecular weight excluding hydrogens is 428 g/mol. The molecule has 1 fully saturated rings. The summed E-state index contributed by atoms with van der Waals surface area (Å²) >= 11 is 2.11. The van der Waals surface area contributed by atoms with Crippen LogP contribution in [0.2, 0.25) is 0 Å². The zero-order chi connectivity index (χ0) is 16.5. The highest BCUT2D eigenvalue weighted by molar-refractivity contribution is 14.1. The number of amides is 1. The number of nitrogens with zero attached hydrogens (tertiary/aromatic N) is 1. The fourth-order valence-electron chi connectivity index (χ4n) is 2.36. The molecule has 0 spiro atoms. The van der Waals surface area contributed by atoms with Gasteiger partial charge in [-0.1, -0.05) is 12.1 Å². The fourth-order valence-corrected chi connectivity index (χ4v) is 3.40. The van der Waals surface area contributed by atoms with E-state index in [9.17, 15) is 27.0 Å². The third-order valence-electron chi connectivity index (χ3n) is 3.52. The second-order valence-corrected chi connectivity index (χ2v) is 7.90. The molecule has 1 heterocycles. The van der Waals surface area contributed by atoms with Gasteiger partial charge in [0.1, 0.15) is 11.3 Å². The lowest BCUT2D eigenvalue weighted by Gasteiger charge is -2.24. The number of benzene rings is 1. The Kier molecular flexibility index (Phi) is 5.05. The molecule has 9 heteroatoms. The van der Waals surface area contributed by atoms with E-state index in [1.54, 1.807) is 24.3 Å². The van der Waals surface area contributed by atoms with E-state index in [0.717, 1.165) is 8.47 Å². The van der Waals surface area contributed by atoms with Crippen molar-refractivity contribution in [2.24, 2.45) is 0 Å². The maximum atomic E-state index is 13.0. The molecular formula is C13H13FINO5S. The van der Waals surface area contributed by atoms with Crippen LogP contribution in [0, 0.1) is 3.57 Å². The van der Waals surface area contributed by atoms with Gasteiger partial charge in [-0.2, -0.15) is 8.42 Å². The van der Waals surface area contributed by atoms with Crippen molar-refractivity contribution in [1.82, 2.24) is 4.90 Å². The van der Waals surface area contributed by atoms with E-state index in [-0.39, 0.29) is 6.42 Å². The molecule has 2 atom stereocenters. The topological polar surface area (TPSA) is 91.8 Å². The zero-order valence-corrected chi connectivity index (χ0v) is 14.3. The highest BCUT2D eigenvalue weighted by Gasteiger charge is 2.43. The van der Waals surface area contributed by atoms with E-state index >= 15 is 0 Å². The number of carbonyl (C=O) groups is 2. The Hall–Kier alpha value is -1.23. The first-order valence-electron chi connectivity index (χ1n) is 6.38. The smallest absolute Gasteiger partial charge is 0.326 e. The van der Waals surface area contributed by atoms with Crippen molar-refractivity contribution in [2.75, 3.05) is 6.54 Å². The van der Waals surface area contributed by atoms with Gasteiger partial charge in [0.05, 0.1) is 0 Å². The minimum Gasteiger partial charge on any atom is -0.480 e. The monoisotopic (exact) mass is 441 g/mol. The largest absolute Gasteiger partial charge is 0.480 e. The van der Waals surface area contributed by atoms with Gasteiger partial charge in [0.2, 0.25) is 5.91 Å². The Balaban J connectivity index is 2.20. The fraction of sp³-hybridized carbons (Fsp3) is 0.385. The van der Waals surface area contributed by atoms with E-state index in [1.165, 1.54) is 0 Å². The molecule has 120 valence electrons. The van der Waals surface area contributed by atoms with E-state index < -0.39 is 46.4 Å². The van der Waals surface area contributed by atoms with Crippen molar-refractivity contribution >= 4 is 44.7 Å². The summed E-state index contributed by atoms with van der Waals surface area (Å²) in [5.74, 6) is -1.91. The minimum absolute atomic E-state index is 0.0387. The number of likely N-dealkylation sites (tertiary alicyclic amines) is 1. The molecule has 0 aliphatic carbocycles. The van der Waals surface area contributed by atoms with Crippen molar-refractivity contribution in [3.8, 4) is 0 Å². The van der Waals surface area contributed by atoms with Crippen LogP contribution in [0.5, 0.6) is 0 Å². The van der Waals surface area contributed by atoms with Crippen LogP contribution < -0.4 is 0 Å². The average Bonchev–Trinajstić information content (AvgIpc) is 2.79. The summed E-state index contributed by atoms with van der Waals surface area (Å²) in [5.41, 5.74) is 0.701. The van der Waals surface area contributed by atoms with Gasteiger partial charge in [-0.3, -0.25) is 4.79 Å². The molecule has 0 radical (unpaired) electrons. The standard InChI is InChI=1S/C13H13FINO5S/c14-22(20,21)10-6-12(17)16(7-10)11(13(18)19)5-8-1-3-9(15)4-2-8/h1-4,10-11H,5-7H2,(H,18,19). The van der Waals surface area contributed by atoms with Gasteiger partial charge < -0.3 is 10.0 Å². The number of aliphatic carboxylic acids is 1. The predicted molar refractivity (Wildman–Crippen MR) is 84.4 cm³/mol. The van der Waals surface area contributed by atoms with E-state index in [4.69, 9.17) is 0 Å². The molecule has 1 aromatic rings. The first kappa shape index (κ1) is 17.1. The summed E-state index contributed by atoms with van der Waals surface area (Å²) in [4.78, 5) is 24.2. The summed E-state index contributed by atoms with van der Waals surface area (Å²) in [6.45, 7) is -0.432. The maximum Gasteiger partial charge on any atom is 0.326 e. The van der Waals surface area contributed by atoms with E-state index in [2.05, 4.69) is 22.6 Å². The summed E-state index contributed by atoms with van der Waals surface area (Å²) < 4.78 is 35.8. The molecule has 1 saturated heterocycles. The van der Waals surface area contributed by atoms with Crippen LogP contribution in [0.25, 0.3) is 0 Å². The Morgan fingerprint density at radius 1 is 1.41 bits per heavy atom. The lowest BCUT2D eigenvalue weighted by molar-refractivity contribution is -0.148. The number of carboxylic acid groups (broad SMARTS) is 1. The second kappa shape index (κ2) is 6.49. The van der Waals surface area contributed by atoms with Gasteiger partial charge >= 0.3 is 16.2 Å². The lowest BCUT2D eigenvalue weighted by atomic mass is 10.1. The van der Waals surface area contributed by atoms with Gasteiger partial charge in [-0.25, -0.2) is 4.79 Å². The quantitative estimate of drug-likeness (QED) is 0.548. The summed E-state index contributed by atoms with van der Waals surface area (Å²) in [6, 6.07) is 5.87. The molecule has 0 saturated carbocycles. The Morgan fingerprint density at radius 2 is 2.00 bits per heavy atom. The number of carbonyl (C=O) groups excluding carboxylic acids is 1. The predicted octanol–water partition coefficient (Wildman–Crippen LogP) is 1.19. The van der Waals surface area contributed by atoms with Crippen molar-refractivity contribution in [3.05, 3.63) is 33.4 Å². The number of halogens is 2. The molecule has 1 aromatic carbocycles. The first-order chi connectivity index (χ1) is 10.2. The van der Waals surface area contributed by atoms with Crippen LogP contribution in [0.3, 0.4) is 0 Å². The number of rotatable bonds is 5. The molecule has 2 unspecified atom stereocenters. The molecule has 1 aliphatic rings. The lowest BCUT2D eigenvalue weighted by Crippen LogP contribution is -2.44. The maximum absolute atomic E-state index is 13.0. The van der Waals surface area contributed by atoms with Crippen LogP contribution in [0.4, 0.5) is 3.89 Å². The summed E-state index contributed by atoms with van der Waals surface area (Å²) in [6.07, 6.45) is -0.480. The Morgan fingerprint density at radius 3 is 2.45 bits per heavy atom. The molecule has 1 aliphatic heterocycles. The average molecular weight is 441 g/mol. The molecule has 1 N–H and O–H groups in total. The highest BCUT2D eigenvalue weighted by Crippen LogP contribution is 2.23. The first-order valence-corrected chi connectivity index (χ1v) is 8.91. The van der Waals surface area contributed by atoms with Gasteiger partial charge in [-0.15, -0.1) is 3.89 Å². The highest BCUT2D eigenvalue weighted by atomic mass is 127. The van der Waals surface area contributed by atoms with Crippen molar-refractivity contribution in [1.29, 1.82) is 0 Å². The third-order valence-corrected chi connectivity index (χ3v) is 5.36. The summed E-state index contributed by atoms with van der Waals surface area (Å²) in [5, 5.41) is 7.83. The van der Waals surface area contributed by atoms with Gasteiger partial charge in [0.25, 0.3) is 0 Å². The SMILES string of the molecule is O=C(O)C(Cc1ccc(I)cc1)N1CC(S(=O)(=O)F)CC1=O.